The maximum atomic E-state index is 13.1. The maximum absolute atomic E-state index is 13.1. The summed E-state index contributed by atoms with van der Waals surface area (Å²) in [6, 6.07) is 11.4. The molecule has 3 aromatic rings. The molecular formula is C19H17ClFN3O. The Morgan fingerprint density at radius 3 is 2.84 bits per heavy atom. The largest absolute Gasteiger partial charge is 0.357 e. The van der Waals surface area contributed by atoms with Crippen molar-refractivity contribution in [3.05, 3.63) is 64.7 Å². The van der Waals surface area contributed by atoms with Gasteiger partial charge < -0.3 is 9.88 Å². The van der Waals surface area contributed by atoms with E-state index in [1.807, 2.05) is 17.0 Å². The van der Waals surface area contributed by atoms with Crippen LogP contribution in [0.4, 0.5) is 4.39 Å². The smallest absolute Gasteiger partial charge is 0.253 e. The number of fused-ring (bicyclic) bond motifs is 1. The third-order valence-corrected chi connectivity index (χ3v) is 4.91. The number of rotatable bonds is 2. The molecule has 128 valence electrons. The number of amides is 1. The summed E-state index contributed by atoms with van der Waals surface area (Å²) in [6.07, 6.45) is 1.94. The van der Waals surface area contributed by atoms with Crippen molar-refractivity contribution in [2.24, 2.45) is 0 Å². The second-order valence-electron chi connectivity index (χ2n) is 6.39. The van der Waals surface area contributed by atoms with Crippen molar-refractivity contribution in [1.82, 2.24) is 14.9 Å². The lowest BCUT2D eigenvalue weighted by atomic mass is 9.94. The van der Waals surface area contributed by atoms with Crippen LogP contribution in [0, 0.1) is 5.82 Å². The average Bonchev–Trinajstić information content (AvgIpc) is 3.05. The monoisotopic (exact) mass is 357 g/mol. The van der Waals surface area contributed by atoms with Crippen molar-refractivity contribution in [3.8, 4) is 0 Å². The molecule has 1 fully saturated rings. The van der Waals surface area contributed by atoms with E-state index in [2.05, 4.69) is 9.97 Å². The van der Waals surface area contributed by atoms with Gasteiger partial charge in [0.25, 0.3) is 5.91 Å². The fourth-order valence-corrected chi connectivity index (χ4v) is 3.57. The Morgan fingerprint density at radius 2 is 2.04 bits per heavy atom. The molecule has 0 spiro atoms. The zero-order valence-corrected chi connectivity index (χ0v) is 14.3. The summed E-state index contributed by atoms with van der Waals surface area (Å²) in [6.45, 7) is 1.35. The molecule has 1 unspecified atom stereocenters. The summed E-state index contributed by atoms with van der Waals surface area (Å²) in [5.41, 5.74) is 3.37. The molecule has 1 N–H and O–H groups in total. The van der Waals surface area contributed by atoms with Crippen molar-refractivity contribution >= 4 is 28.5 Å². The number of halogens is 2. The third kappa shape index (κ3) is 3.24. The van der Waals surface area contributed by atoms with E-state index in [1.54, 1.807) is 6.07 Å². The van der Waals surface area contributed by atoms with Gasteiger partial charge in [0.2, 0.25) is 0 Å². The summed E-state index contributed by atoms with van der Waals surface area (Å²) in [5, 5.41) is 0.467. The molecule has 1 atom stereocenters. The van der Waals surface area contributed by atoms with Gasteiger partial charge in [-0.1, -0.05) is 11.6 Å². The summed E-state index contributed by atoms with van der Waals surface area (Å²) < 4.78 is 13.1. The molecule has 0 saturated carbocycles. The fourth-order valence-electron chi connectivity index (χ4n) is 3.42. The van der Waals surface area contributed by atoms with Crippen LogP contribution in [-0.2, 0) is 0 Å². The predicted molar refractivity (Wildman–Crippen MR) is 95.4 cm³/mol. The van der Waals surface area contributed by atoms with Crippen LogP contribution in [0.5, 0.6) is 0 Å². The highest BCUT2D eigenvalue weighted by Crippen LogP contribution is 2.29. The van der Waals surface area contributed by atoms with Crippen molar-refractivity contribution in [1.29, 1.82) is 0 Å². The van der Waals surface area contributed by atoms with Crippen molar-refractivity contribution in [2.45, 2.75) is 18.8 Å². The first kappa shape index (κ1) is 16.1. The van der Waals surface area contributed by atoms with Gasteiger partial charge in [-0.25, -0.2) is 9.37 Å². The van der Waals surface area contributed by atoms with Crippen LogP contribution in [0.25, 0.3) is 11.0 Å². The topological polar surface area (TPSA) is 49.0 Å². The van der Waals surface area contributed by atoms with Gasteiger partial charge in [0.1, 0.15) is 11.0 Å². The van der Waals surface area contributed by atoms with Crippen LogP contribution in [0.1, 0.15) is 34.8 Å². The van der Waals surface area contributed by atoms with E-state index in [-0.39, 0.29) is 17.6 Å². The number of aromatic nitrogens is 2. The Morgan fingerprint density at radius 1 is 1.24 bits per heavy atom. The average molecular weight is 358 g/mol. The standard InChI is InChI=1S/C19H17ClFN3O/c20-18-8-7-15-17(23-18)10-16(22-15)13-2-1-9-24(11-13)19(25)12-3-5-14(21)6-4-12/h3-8,10,13,22H,1-2,9,11H2. The molecule has 3 heterocycles. The molecule has 4 rings (SSSR count). The molecule has 0 aliphatic carbocycles. The molecule has 1 aliphatic rings. The van der Waals surface area contributed by atoms with E-state index in [0.717, 1.165) is 36.1 Å². The molecule has 2 aromatic heterocycles. The Hall–Kier alpha value is -2.40. The lowest BCUT2D eigenvalue weighted by molar-refractivity contribution is 0.0706. The van der Waals surface area contributed by atoms with E-state index < -0.39 is 0 Å². The second-order valence-corrected chi connectivity index (χ2v) is 6.78. The van der Waals surface area contributed by atoms with Crippen LogP contribution in [0.3, 0.4) is 0 Å². The molecule has 0 radical (unpaired) electrons. The molecule has 1 saturated heterocycles. The summed E-state index contributed by atoms with van der Waals surface area (Å²) in [5.74, 6) is -0.162. The number of hydrogen-bond acceptors (Lipinski definition) is 2. The van der Waals surface area contributed by atoms with Gasteiger partial charge in [-0.05, 0) is 55.3 Å². The number of carbonyl (C=O) groups excluding carboxylic acids is 1. The van der Waals surface area contributed by atoms with Crippen LogP contribution in [0.15, 0.2) is 42.5 Å². The van der Waals surface area contributed by atoms with Crippen molar-refractivity contribution in [2.75, 3.05) is 13.1 Å². The van der Waals surface area contributed by atoms with Gasteiger partial charge in [0.05, 0.1) is 11.0 Å². The van der Waals surface area contributed by atoms with Gasteiger partial charge in [0, 0.05) is 30.3 Å². The number of hydrogen-bond donors (Lipinski definition) is 1. The van der Waals surface area contributed by atoms with Crippen molar-refractivity contribution < 1.29 is 9.18 Å². The fraction of sp³-hybridized carbons (Fsp3) is 0.263. The van der Waals surface area contributed by atoms with Crippen LogP contribution in [-0.4, -0.2) is 33.9 Å². The Bertz CT molecular complexity index is 922. The quantitative estimate of drug-likeness (QED) is 0.692. The summed E-state index contributed by atoms with van der Waals surface area (Å²) in [7, 11) is 0. The molecule has 1 amide bonds. The third-order valence-electron chi connectivity index (χ3n) is 4.70. The number of aromatic amines is 1. The van der Waals surface area contributed by atoms with Crippen LogP contribution >= 0.6 is 11.6 Å². The van der Waals surface area contributed by atoms with E-state index in [0.29, 0.717) is 17.3 Å². The van der Waals surface area contributed by atoms with Gasteiger partial charge >= 0.3 is 0 Å². The van der Waals surface area contributed by atoms with Crippen LogP contribution < -0.4 is 0 Å². The second kappa shape index (κ2) is 6.48. The lowest BCUT2D eigenvalue weighted by Gasteiger charge is -2.32. The Kier molecular flexibility index (Phi) is 4.17. The number of nitrogens with one attached hydrogen (secondary N) is 1. The first-order valence-corrected chi connectivity index (χ1v) is 8.68. The van der Waals surface area contributed by atoms with Crippen LogP contribution in [0.2, 0.25) is 5.15 Å². The molecule has 4 nitrogen and oxygen atoms in total. The zero-order chi connectivity index (χ0) is 17.4. The van der Waals surface area contributed by atoms with Gasteiger partial charge in [-0.3, -0.25) is 4.79 Å². The molecule has 1 aliphatic heterocycles. The number of H-pyrrole nitrogens is 1. The Labute approximate surface area is 149 Å². The van der Waals surface area contributed by atoms with E-state index >= 15 is 0 Å². The first-order chi connectivity index (χ1) is 12.1. The van der Waals surface area contributed by atoms with Gasteiger partial charge in [-0.2, -0.15) is 0 Å². The van der Waals surface area contributed by atoms with Gasteiger partial charge in [0.15, 0.2) is 0 Å². The number of carbonyl (C=O) groups is 1. The zero-order valence-electron chi connectivity index (χ0n) is 13.5. The minimum absolute atomic E-state index is 0.0537. The normalized spacial score (nSPS) is 17.8. The predicted octanol–water partition coefficient (Wildman–Crippen LogP) is 4.38. The molecule has 25 heavy (non-hydrogen) atoms. The SMILES string of the molecule is O=C(c1ccc(F)cc1)N1CCCC(c2cc3nc(Cl)ccc3[nH]2)C1. The Balaban J connectivity index is 1.55. The van der Waals surface area contributed by atoms with Gasteiger partial charge in [-0.15, -0.1) is 0 Å². The summed E-state index contributed by atoms with van der Waals surface area (Å²) >= 11 is 5.95. The number of benzene rings is 1. The highest BCUT2D eigenvalue weighted by molar-refractivity contribution is 6.29. The van der Waals surface area contributed by atoms with E-state index in [9.17, 15) is 9.18 Å². The minimum Gasteiger partial charge on any atom is -0.357 e. The number of likely N-dealkylation sites (tertiary alicyclic amines) is 1. The lowest BCUT2D eigenvalue weighted by Crippen LogP contribution is -2.39. The number of pyridine rings is 1. The maximum Gasteiger partial charge on any atom is 0.253 e. The number of piperidine rings is 1. The van der Waals surface area contributed by atoms with E-state index in [4.69, 9.17) is 11.6 Å². The molecular weight excluding hydrogens is 341 g/mol. The molecule has 1 aromatic carbocycles. The first-order valence-electron chi connectivity index (χ1n) is 8.30. The number of nitrogens with zero attached hydrogens (tertiary/aromatic N) is 2. The molecule has 6 heteroatoms. The highest BCUT2D eigenvalue weighted by Gasteiger charge is 2.26. The van der Waals surface area contributed by atoms with Crippen molar-refractivity contribution in [3.63, 3.8) is 0 Å². The van der Waals surface area contributed by atoms with E-state index in [1.165, 1.54) is 24.3 Å². The minimum atomic E-state index is -0.336. The highest BCUT2D eigenvalue weighted by atomic mass is 35.5. The molecule has 0 bridgehead atoms. The summed E-state index contributed by atoms with van der Waals surface area (Å²) in [4.78, 5) is 22.2.